The second kappa shape index (κ2) is 35.3. The molecule has 8 aromatic heterocycles. The maximum Gasteiger partial charge on any atom is 0.213 e. The number of pyridine rings is 4. The molecule has 13 heteroatoms. The smallest absolute Gasteiger partial charge is 0.213 e. The number of aromatic nitrogens is 13. The third-order valence-corrected chi connectivity index (χ3v) is 24.2. The zero-order valence-electron chi connectivity index (χ0n) is 74.8. The van der Waals surface area contributed by atoms with Crippen LogP contribution in [0.5, 0.6) is 0 Å². The molecule has 1 saturated carbocycles. The highest BCUT2D eigenvalue weighted by molar-refractivity contribution is 5.87. The molecule has 1 aliphatic rings. The molecule has 16 aromatic rings. The lowest BCUT2D eigenvalue weighted by Crippen LogP contribution is -2.32. The van der Waals surface area contributed by atoms with E-state index in [0.717, 1.165) is 92.2 Å². The molecule has 13 nitrogen and oxygen atoms in total. The van der Waals surface area contributed by atoms with E-state index in [1.165, 1.54) is 176 Å². The summed E-state index contributed by atoms with van der Waals surface area (Å²) in [6, 6.07) is 61.9. The molecular weight excluding hydrogens is 1470 g/mol. The van der Waals surface area contributed by atoms with E-state index in [0.29, 0.717) is 11.8 Å². The zero-order chi connectivity index (χ0) is 85.3. The van der Waals surface area contributed by atoms with Crippen molar-refractivity contribution in [1.82, 2.24) is 44.9 Å². The summed E-state index contributed by atoms with van der Waals surface area (Å²) in [7, 11) is 8.59. The highest BCUT2D eigenvalue weighted by Crippen LogP contribution is 2.37. The molecule has 606 valence electrons. The molecule has 0 amide bonds. The van der Waals surface area contributed by atoms with Crippen molar-refractivity contribution in [1.29, 1.82) is 0 Å². The molecule has 8 aromatic carbocycles. The molecule has 1 fully saturated rings. The fraction of sp³-hybridized carbons (Fsp3) is 0.299. The Morgan fingerprint density at radius 1 is 0.333 bits per heavy atom. The largest absolute Gasteiger partial charge is 0.257 e. The average molecular weight is 1590 g/mol. The van der Waals surface area contributed by atoms with Crippen molar-refractivity contribution in [3.8, 4) is 90.2 Å². The monoisotopic (exact) mass is 1580 g/mol. The van der Waals surface area contributed by atoms with Crippen molar-refractivity contribution in [2.45, 2.75) is 176 Å². The first kappa shape index (κ1) is 84.1. The summed E-state index contributed by atoms with van der Waals surface area (Å²) >= 11 is 0. The van der Waals surface area contributed by atoms with Gasteiger partial charge in [0.25, 0.3) is 0 Å². The molecule has 1 aliphatic carbocycles. The van der Waals surface area contributed by atoms with Crippen LogP contribution >= 0.6 is 0 Å². The predicted molar refractivity (Wildman–Crippen MR) is 493 cm³/mol. The molecule has 120 heavy (non-hydrogen) atoms. The standard InChI is InChI=1S/C28H30N3.C28H32N3.C27H30N3.C24H25N4/c1-18-13-19(2)20(3)24(14-18)27-12-11-22-9-10-23(15-28(22)31(27)4)26-17-29-25(16-30-26)21-7-5-6-8-21;1-18-12-19(2)20(3)24(13-18)26-11-10-21-8-9-22(14-27(21)31(26)7)25-17-29-23(16-30-25)15-28(4,5)6;1-17(2)11-23-15-29-25(16-28-23)22-8-7-21-9-10-26(30(6)27(21)14-22)24-13-18(3)12-19(4)20(24)5;1-14-11-15(2)16(3)21(12-14)22-10-9-19-7-8-20(13-23(19)28(22)6)24-26-17(4)25-18(5)27-24/h9-17,21H,5-8H2,1-4H3;8-14,16-17H,15H2,1-7H3;7-10,12-17H,11H2,1-6H3;7-13H,1-6H3/q4*+1. The van der Waals surface area contributed by atoms with Gasteiger partial charge in [0.15, 0.2) is 5.82 Å². The van der Waals surface area contributed by atoms with Gasteiger partial charge in [0.1, 0.15) is 39.8 Å². The lowest BCUT2D eigenvalue weighted by atomic mass is 9.91. The van der Waals surface area contributed by atoms with Gasteiger partial charge in [-0.15, -0.1) is 0 Å². The van der Waals surface area contributed by atoms with Gasteiger partial charge in [0.05, 0.1) is 52.8 Å². The fourth-order valence-electron chi connectivity index (χ4n) is 17.3. The van der Waals surface area contributed by atoms with Crippen LogP contribution in [0, 0.1) is 108 Å². The zero-order valence-corrected chi connectivity index (χ0v) is 74.8. The van der Waals surface area contributed by atoms with E-state index in [9.17, 15) is 0 Å². The maximum absolute atomic E-state index is 4.78. The van der Waals surface area contributed by atoms with Gasteiger partial charge in [-0.1, -0.05) is 118 Å². The van der Waals surface area contributed by atoms with Gasteiger partial charge in [-0.2, -0.15) is 18.3 Å². The Balaban J connectivity index is 0.000000131. The molecule has 0 spiro atoms. The number of nitrogens with zero attached hydrogens (tertiary/aromatic N) is 13. The molecule has 17 rings (SSSR count). The molecule has 0 atom stereocenters. The van der Waals surface area contributed by atoms with Gasteiger partial charge in [0, 0.05) is 139 Å². The molecule has 0 aliphatic heterocycles. The van der Waals surface area contributed by atoms with Crippen LogP contribution in [0.3, 0.4) is 0 Å². The lowest BCUT2D eigenvalue weighted by molar-refractivity contribution is -0.633. The summed E-state index contributed by atoms with van der Waals surface area (Å²) in [6.45, 7) is 41.1. The van der Waals surface area contributed by atoms with Crippen LogP contribution in [0.1, 0.15) is 162 Å². The van der Waals surface area contributed by atoms with Crippen LogP contribution in [0.4, 0.5) is 0 Å². The molecule has 8 heterocycles. The molecule has 0 radical (unpaired) electrons. The van der Waals surface area contributed by atoms with Crippen molar-refractivity contribution in [3.05, 3.63) is 303 Å². The third kappa shape index (κ3) is 18.6. The minimum absolute atomic E-state index is 0.204. The van der Waals surface area contributed by atoms with Gasteiger partial charge < -0.3 is 0 Å². The number of benzene rings is 8. The Morgan fingerprint density at radius 3 is 0.950 bits per heavy atom. The van der Waals surface area contributed by atoms with Crippen molar-refractivity contribution >= 4 is 43.6 Å². The Labute approximate surface area is 710 Å². The van der Waals surface area contributed by atoms with Crippen molar-refractivity contribution in [2.75, 3.05) is 0 Å². The van der Waals surface area contributed by atoms with Crippen molar-refractivity contribution < 1.29 is 18.3 Å². The Bertz CT molecular complexity index is 6540. The van der Waals surface area contributed by atoms with Gasteiger partial charge in [0.2, 0.25) is 44.8 Å². The van der Waals surface area contributed by atoms with E-state index in [2.05, 4.69) is 364 Å². The van der Waals surface area contributed by atoms with Crippen LogP contribution in [-0.4, -0.2) is 44.9 Å². The molecule has 0 saturated heterocycles. The highest BCUT2D eigenvalue weighted by atomic mass is 15.0. The van der Waals surface area contributed by atoms with E-state index in [1.807, 2.05) is 51.0 Å². The second-order valence-corrected chi connectivity index (χ2v) is 35.4. The molecule has 0 bridgehead atoms. The fourth-order valence-corrected chi connectivity index (χ4v) is 17.3. The Morgan fingerprint density at radius 2 is 0.642 bits per heavy atom. The first-order valence-corrected chi connectivity index (χ1v) is 42.5. The van der Waals surface area contributed by atoms with Gasteiger partial charge >= 0.3 is 0 Å². The number of aryl methyl sites for hydroxylation is 14. The molecule has 0 N–H and O–H groups in total. The minimum Gasteiger partial charge on any atom is -0.257 e. The summed E-state index contributed by atoms with van der Waals surface area (Å²) in [5.41, 5.74) is 41.1. The van der Waals surface area contributed by atoms with E-state index in [-0.39, 0.29) is 5.41 Å². The highest BCUT2D eigenvalue weighted by Gasteiger charge is 2.26. The van der Waals surface area contributed by atoms with Gasteiger partial charge in [-0.3, -0.25) is 29.9 Å². The topological polar surface area (TPSA) is 132 Å². The predicted octanol–water partition coefficient (Wildman–Crippen LogP) is 23.3. The lowest BCUT2D eigenvalue weighted by Gasteiger charge is -2.17. The van der Waals surface area contributed by atoms with Crippen molar-refractivity contribution in [3.63, 3.8) is 0 Å². The van der Waals surface area contributed by atoms with E-state index in [1.54, 1.807) is 0 Å². The number of hydrogen-bond acceptors (Lipinski definition) is 9. The van der Waals surface area contributed by atoms with Gasteiger partial charge in [-0.25, -0.2) is 15.0 Å². The van der Waals surface area contributed by atoms with Crippen LogP contribution < -0.4 is 18.3 Å². The van der Waals surface area contributed by atoms with Crippen LogP contribution in [0.15, 0.2) is 207 Å². The van der Waals surface area contributed by atoms with Crippen LogP contribution in [0.2, 0.25) is 0 Å². The normalized spacial score (nSPS) is 12.3. The SMILES string of the molecule is Cc1cc(C)c(C)c(-c2ccc3ccc(-c4cnc(C5CCCC5)cn4)cc3[n+]2C)c1.Cc1cc(C)c(C)c(-c2ccc3ccc(-c4cnc(CC(C)(C)C)cn4)cc3[n+]2C)c1.Cc1cc(C)c(C)c(-c2ccc3ccc(-c4cnc(CC(C)C)cn4)cc3[n+]2C)c1.Cc1cc(C)c(C)c(-c2ccc3ccc(-c4nc(C)nc(C)n4)cc3[n+]2C)c1. The third-order valence-electron chi connectivity index (χ3n) is 24.2. The van der Waals surface area contributed by atoms with E-state index < -0.39 is 0 Å². The molecule has 0 unspecified atom stereocenters. The van der Waals surface area contributed by atoms with E-state index >= 15 is 0 Å². The van der Waals surface area contributed by atoms with Gasteiger partial charge in [-0.05, 0) is 251 Å². The Kier molecular flexibility index (Phi) is 24.7. The number of fused-ring (bicyclic) bond motifs is 4. The van der Waals surface area contributed by atoms with Crippen molar-refractivity contribution in [2.24, 2.45) is 39.5 Å². The summed E-state index contributed by atoms with van der Waals surface area (Å²) < 4.78 is 9.16. The average Bonchev–Trinajstić information content (AvgIpc) is 0.871. The summed E-state index contributed by atoms with van der Waals surface area (Å²) in [4.78, 5) is 41.6. The first-order valence-electron chi connectivity index (χ1n) is 42.5. The minimum atomic E-state index is 0.204. The summed E-state index contributed by atoms with van der Waals surface area (Å²) in [5.74, 6) is 3.38. The Hall–Kier alpha value is -12.4. The first-order chi connectivity index (χ1) is 57.3. The number of hydrogen-bond donors (Lipinski definition) is 0. The van der Waals surface area contributed by atoms with Crippen LogP contribution in [-0.2, 0) is 41.0 Å². The number of rotatable bonds is 12. The quantitative estimate of drug-likeness (QED) is 0.110. The van der Waals surface area contributed by atoms with Crippen LogP contribution in [0.25, 0.3) is 134 Å². The van der Waals surface area contributed by atoms with E-state index in [4.69, 9.17) is 15.0 Å². The molecular formula is C107H117N13+4. The summed E-state index contributed by atoms with van der Waals surface area (Å²) in [6.07, 6.45) is 18.6. The second-order valence-electron chi connectivity index (χ2n) is 35.4. The summed E-state index contributed by atoms with van der Waals surface area (Å²) in [5, 5.41) is 4.86. The maximum atomic E-state index is 4.78.